The molecule has 2 rings (SSSR count). The molecular weight excluding hydrogens is 274 g/mol. The zero-order valence-corrected chi connectivity index (χ0v) is 12.7. The van der Waals surface area contributed by atoms with Gasteiger partial charge in [-0.1, -0.05) is 0 Å². The highest BCUT2D eigenvalue weighted by molar-refractivity contribution is 5.91. The minimum Gasteiger partial charge on any atom is -0.382 e. The molecule has 0 fully saturated rings. The summed E-state index contributed by atoms with van der Waals surface area (Å²) in [6.07, 6.45) is 2.27. The topological polar surface area (TPSA) is 34.1 Å². The zero-order chi connectivity index (χ0) is 15.6. The second-order valence-electron chi connectivity index (χ2n) is 5.86. The fraction of sp³-hybridized carbons (Fsp3) is 0.438. The highest BCUT2D eigenvalue weighted by Gasteiger charge is 2.20. The van der Waals surface area contributed by atoms with Gasteiger partial charge < -0.3 is 10.1 Å². The first-order chi connectivity index (χ1) is 9.82. The number of hydrogen-bond acceptors (Lipinski definition) is 3. The Bertz CT molecular complexity index is 643. The Morgan fingerprint density at radius 1 is 1.33 bits per heavy atom. The standard InChI is InChI=1S/C16H20F2N2O/c1-10(9-16(2,3)21-4)20-14-5-6-19-15-12(14)7-11(17)8-13(15)18/h5-8,10H,9H2,1-4H3,(H,19,20). The van der Waals surface area contributed by atoms with Crippen molar-refractivity contribution >= 4 is 16.6 Å². The number of methoxy groups -OCH3 is 1. The van der Waals surface area contributed by atoms with Gasteiger partial charge >= 0.3 is 0 Å². The normalized spacial score (nSPS) is 13.4. The van der Waals surface area contributed by atoms with Gasteiger partial charge in [-0.05, 0) is 39.3 Å². The summed E-state index contributed by atoms with van der Waals surface area (Å²) in [6, 6.07) is 3.94. The third-order valence-corrected chi connectivity index (χ3v) is 3.52. The molecule has 1 aromatic heterocycles. The second-order valence-corrected chi connectivity index (χ2v) is 5.86. The predicted molar refractivity (Wildman–Crippen MR) is 80.4 cm³/mol. The van der Waals surface area contributed by atoms with E-state index in [1.807, 2.05) is 20.8 Å². The number of halogens is 2. The van der Waals surface area contributed by atoms with Crippen molar-refractivity contribution in [2.75, 3.05) is 12.4 Å². The number of fused-ring (bicyclic) bond motifs is 1. The van der Waals surface area contributed by atoms with Gasteiger partial charge in [0.1, 0.15) is 11.3 Å². The average molecular weight is 294 g/mol. The largest absolute Gasteiger partial charge is 0.382 e. The molecule has 21 heavy (non-hydrogen) atoms. The van der Waals surface area contributed by atoms with E-state index in [0.29, 0.717) is 11.1 Å². The van der Waals surface area contributed by atoms with Gasteiger partial charge in [-0.15, -0.1) is 0 Å². The maximum atomic E-state index is 13.7. The van der Waals surface area contributed by atoms with Crippen molar-refractivity contribution in [1.29, 1.82) is 0 Å². The van der Waals surface area contributed by atoms with Crippen LogP contribution in [0.4, 0.5) is 14.5 Å². The number of nitrogens with one attached hydrogen (secondary N) is 1. The molecule has 0 aliphatic rings. The van der Waals surface area contributed by atoms with Crippen LogP contribution >= 0.6 is 0 Å². The molecule has 1 aromatic carbocycles. The molecule has 0 spiro atoms. The van der Waals surface area contributed by atoms with Gasteiger partial charge in [0.25, 0.3) is 0 Å². The molecule has 1 atom stereocenters. The van der Waals surface area contributed by atoms with Crippen LogP contribution in [0.5, 0.6) is 0 Å². The van der Waals surface area contributed by atoms with Crippen molar-refractivity contribution in [2.45, 2.75) is 38.8 Å². The first kappa shape index (κ1) is 15.6. The van der Waals surface area contributed by atoms with Crippen molar-refractivity contribution in [3.63, 3.8) is 0 Å². The summed E-state index contributed by atoms with van der Waals surface area (Å²) in [7, 11) is 1.67. The molecule has 2 aromatic rings. The van der Waals surface area contributed by atoms with Crippen LogP contribution in [0.25, 0.3) is 10.9 Å². The minimum atomic E-state index is -0.654. The van der Waals surface area contributed by atoms with Crippen molar-refractivity contribution in [2.24, 2.45) is 0 Å². The molecule has 3 nitrogen and oxygen atoms in total. The molecule has 0 radical (unpaired) electrons. The Labute approximate surface area is 123 Å². The van der Waals surface area contributed by atoms with Crippen LogP contribution in [-0.2, 0) is 4.74 Å². The fourth-order valence-corrected chi connectivity index (χ4v) is 2.44. The lowest BCUT2D eigenvalue weighted by Gasteiger charge is -2.27. The molecule has 0 saturated carbocycles. The van der Waals surface area contributed by atoms with E-state index in [-0.39, 0.29) is 17.2 Å². The molecule has 0 bridgehead atoms. The summed E-state index contributed by atoms with van der Waals surface area (Å²) in [5.41, 5.74) is 0.559. The summed E-state index contributed by atoms with van der Waals surface area (Å²) in [6.45, 7) is 5.99. The molecule has 0 amide bonds. The number of hydrogen-bond donors (Lipinski definition) is 1. The third-order valence-electron chi connectivity index (χ3n) is 3.52. The van der Waals surface area contributed by atoms with Crippen LogP contribution in [0.2, 0.25) is 0 Å². The van der Waals surface area contributed by atoms with E-state index in [0.717, 1.165) is 12.5 Å². The summed E-state index contributed by atoms with van der Waals surface area (Å²) in [5.74, 6) is -1.26. The Kier molecular flexibility index (Phi) is 4.42. The van der Waals surface area contributed by atoms with E-state index in [4.69, 9.17) is 4.74 Å². The van der Waals surface area contributed by atoms with Gasteiger partial charge in [-0.25, -0.2) is 8.78 Å². The van der Waals surface area contributed by atoms with Gasteiger partial charge in [0.2, 0.25) is 0 Å². The van der Waals surface area contributed by atoms with E-state index in [1.54, 1.807) is 13.2 Å². The average Bonchev–Trinajstić information content (AvgIpc) is 2.39. The van der Waals surface area contributed by atoms with E-state index < -0.39 is 11.6 Å². The number of benzene rings is 1. The van der Waals surface area contributed by atoms with E-state index in [1.165, 1.54) is 12.3 Å². The lowest BCUT2D eigenvalue weighted by Crippen LogP contribution is -2.31. The Hall–Kier alpha value is -1.75. The minimum absolute atomic E-state index is 0.0804. The van der Waals surface area contributed by atoms with E-state index in [9.17, 15) is 8.78 Å². The highest BCUT2D eigenvalue weighted by atomic mass is 19.1. The molecule has 0 aliphatic carbocycles. The maximum Gasteiger partial charge on any atom is 0.152 e. The fourth-order valence-electron chi connectivity index (χ4n) is 2.44. The van der Waals surface area contributed by atoms with Crippen molar-refractivity contribution < 1.29 is 13.5 Å². The second kappa shape index (κ2) is 5.93. The predicted octanol–water partition coefficient (Wildman–Crippen LogP) is 4.13. The van der Waals surface area contributed by atoms with Gasteiger partial charge in [0, 0.05) is 36.5 Å². The third kappa shape index (κ3) is 3.67. The van der Waals surface area contributed by atoms with Crippen LogP contribution < -0.4 is 5.32 Å². The van der Waals surface area contributed by atoms with Gasteiger partial charge in [0.05, 0.1) is 5.60 Å². The number of anilines is 1. The summed E-state index contributed by atoms with van der Waals surface area (Å²) in [4.78, 5) is 3.97. The molecule has 0 aliphatic heterocycles. The van der Waals surface area contributed by atoms with Crippen molar-refractivity contribution in [3.05, 3.63) is 36.0 Å². The number of nitrogens with zero attached hydrogens (tertiary/aromatic N) is 1. The van der Waals surface area contributed by atoms with Gasteiger partial charge in [-0.2, -0.15) is 0 Å². The summed E-state index contributed by atoms with van der Waals surface area (Å²) < 4.78 is 32.6. The zero-order valence-electron chi connectivity index (χ0n) is 12.7. The summed E-state index contributed by atoms with van der Waals surface area (Å²) in [5, 5.41) is 3.72. The lowest BCUT2D eigenvalue weighted by molar-refractivity contribution is 0.0128. The SMILES string of the molecule is COC(C)(C)CC(C)Nc1ccnc2c(F)cc(F)cc12. The number of rotatable bonds is 5. The molecule has 0 saturated heterocycles. The quantitative estimate of drug-likeness (QED) is 0.900. The molecule has 1 heterocycles. The van der Waals surface area contributed by atoms with Crippen LogP contribution in [0.15, 0.2) is 24.4 Å². The molecule has 1 N–H and O–H groups in total. The Balaban J connectivity index is 2.30. The molecule has 5 heteroatoms. The molecule has 1 unspecified atom stereocenters. The Morgan fingerprint density at radius 3 is 2.71 bits per heavy atom. The van der Waals surface area contributed by atoms with Crippen molar-refractivity contribution in [1.82, 2.24) is 4.98 Å². The first-order valence-electron chi connectivity index (χ1n) is 6.88. The maximum absolute atomic E-state index is 13.7. The highest BCUT2D eigenvalue weighted by Crippen LogP contribution is 2.27. The van der Waals surface area contributed by atoms with Crippen LogP contribution in [0, 0.1) is 11.6 Å². The van der Waals surface area contributed by atoms with E-state index >= 15 is 0 Å². The Morgan fingerprint density at radius 2 is 2.05 bits per heavy atom. The number of pyridine rings is 1. The van der Waals surface area contributed by atoms with Gasteiger partial charge in [-0.3, -0.25) is 4.98 Å². The van der Waals surface area contributed by atoms with Gasteiger partial charge in [0.15, 0.2) is 5.82 Å². The van der Waals surface area contributed by atoms with Crippen LogP contribution in [0.1, 0.15) is 27.2 Å². The smallest absolute Gasteiger partial charge is 0.152 e. The summed E-state index contributed by atoms with van der Waals surface area (Å²) >= 11 is 0. The molecule has 114 valence electrons. The number of ether oxygens (including phenoxy) is 1. The lowest BCUT2D eigenvalue weighted by atomic mass is 9.99. The molecular formula is C16H20F2N2O. The van der Waals surface area contributed by atoms with Crippen molar-refractivity contribution in [3.8, 4) is 0 Å². The van der Waals surface area contributed by atoms with E-state index in [2.05, 4.69) is 10.3 Å². The van der Waals surface area contributed by atoms with Crippen LogP contribution in [0.3, 0.4) is 0 Å². The van der Waals surface area contributed by atoms with Crippen LogP contribution in [-0.4, -0.2) is 23.7 Å². The number of aromatic nitrogens is 1. The first-order valence-corrected chi connectivity index (χ1v) is 6.88. The monoisotopic (exact) mass is 294 g/mol.